The molecular weight excluding hydrogens is 491 g/mol. The highest BCUT2D eigenvalue weighted by Crippen LogP contribution is 2.20. The van der Waals surface area contributed by atoms with Crippen molar-refractivity contribution < 1.29 is 9.47 Å². The maximum atomic E-state index is 6.01. The van der Waals surface area contributed by atoms with E-state index in [1.807, 2.05) is 12.1 Å². The van der Waals surface area contributed by atoms with Crippen LogP contribution in [0.4, 0.5) is 0 Å². The predicted molar refractivity (Wildman–Crippen MR) is 127 cm³/mol. The Hall–Kier alpha value is -0.610. The Balaban J connectivity index is 0.00000392. The largest absolute Gasteiger partial charge is 0.379 e. The molecule has 1 aromatic carbocycles. The minimum atomic E-state index is 0. The van der Waals surface area contributed by atoms with Crippen molar-refractivity contribution in [2.24, 2.45) is 4.99 Å². The third kappa shape index (κ3) is 9.26. The molecule has 1 aliphatic rings. The SMILES string of the molecule is CCNC(=NCC(c1ccc(Cl)cc1)N(C)C)NCCCOC1CCOC1.I. The summed E-state index contributed by atoms with van der Waals surface area (Å²) in [5.41, 5.74) is 1.20. The topological polar surface area (TPSA) is 58.1 Å². The van der Waals surface area contributed by atoms with Crippen LogP contribution in [-0.4, -0.2) is 70.5 Å². The Morgan fingerprint density at radius 1 is 1.32 bits per heavy atom. The van der Waals surface area contributed by atoms with Gasteiger partial charge in [-0.05, 0) is 51.6 Å². The van der Waals surface area contributed by atoms with Gasteiger partial charge in [0.15, 0.2) is 5.96 Å². The van der Waals surface area contributed by atoms with Crippen LogP contribution >= 0.6 is 35.6 Å². The number of nitrogens with one attached hydrogen (secondary N) is 2. The number of nitrogens with zero attached hydrogens (tertiary/aromatic N) is 2. The Kier molecular flexibility index (Phi) is 13.1. The zero-order valence-corrected chi connectivity index (χ0v) is 20.2. The maximum Gasteiger partial charge on any atom is 0.191 e. The zero-order chi connectivity index (χ0) is 19.5. The number of hydrogen-bond acceptors (Lipinski definition) is 4. The van der Waals surface area contributed by atoms with Crippen LogP contribution in [-0.2, 0) is 9.47 Å². The van der Waals surface area contributed by atoms with E-state index in [0.717, 1.165) is 56.7 Å². The number of halogens is 2. The van der Waals surface area contributed by atoms with Gasteiger partial charge in [0.05, 0.1) is 25.3 Å². The van der Waals surface area contributed by atoms with Crippen molar-refractivity contribution in [2.45, 2.75) is 31.9 Å². The molecule has 2 unspecified atom stereocenters. The average molecular weight is 525 g/mol. The number of hydrogen-bond donors (Lipinski definition) is 2. The van der Waals surface area contributed by atoms with Crippen molar-refractivity contribution in [2.75, 3.05) is 53.6 Å². The summed E-state index contributed by atoms with van der Waals surface area (Å²) < 4.78 is 11.1. The molecule has 1 fully saturated rings. The van der Waals surface area contributed by atoms with Crippen LogP contribution in [0.5, 0.6) is 0 Å². The molecule has 2 atom stereocenters. The second-order valence-corrected chi connectivity index (χ2v) is 7.32. The fraction of sp³-hybridized carbons (Fsp3) is 0.650. The van der Waals surface area contributed by atoms with Crippen LogP contribution in [0.1, 0.15) is 31.4 Å². The first-order valence-corrected chi connectivity index (χ1v) is 10.1. The fourth-order valence-electron chi connectivity index (χ4n) is 2.94. The number of benzene rings is 1. The van der Waals surface area contributed by atoms with Gasteiger partial charge in [0.1, 0.15) is 0 Å². The second-order valence-electron chi connectivity index (χ2n) is 6.89. The molecule has 2 rings (SSSR count). The van der Waals surface area contributed by atoms with Crippen LogP contribution in [0.2, 0.25) is 5.02 Å². The summed E-state index contributed by atoms with van der Waals surface area (Å²) in [5, 5.41) is 7.45. The lowest BCUT2D eigenvalue weighted by Gasteiger charge is -2.24. The summed E-state index contributed by atoms with van der Waals surface area (Å²) in [4.78, 5) is 6.94. The van der Waals surface area contributed by atoms with Crippen molar-refractivity contribution in [3.63, 3.8) is 0 Å². The number of ether oxygens (including phenoxy) is 2. The van der Waals surface area contributed by atoms with Crippen LogP contribution in [0.15, 0.2) is 29.3 Å². The van der Waals surface area contributed by atoms with Crippen LogP contribution in [0.3, 0.4) is 0 Å². The summed E-state index contributed by atoms with van der Waals surface area (Å²) in [6.45, 7) is 6.69. The molecule has 0 amide bonds. The highest BCUT2D eigenvalue weighted by atomic mass is 127. The van der Waals surface area contributed by atoms with Gasteiger partial charge < -0.3 is 25.0 Å². The number of rotatable bonds is 10. The second kappa shape index (κ2) is 14.4. The summed E-state index contributed by atoms with van der Waals surface area (Å²) in [6.07, 6.45) is 2.22. The molecule has 160 valence electrons. The van der Waals surface area contributed by atoms with Crippen LogP contribution in [0, 0.1) is 0 Å². The van der Waals surface area contributed by atoms with Crippen molar-refractivity contribution in [1.29, 1.82) is 0 Å². The van der Waals surface area contributed by atoms with E-state index >= 15 is 0 Å². The molecule has 0 radical (unpaired) electrons. The third-order valence-corrected chi connectivity index (χ3v) is 4.75. The quantitative estimate of drug-likeness (QED) is 0.213. The first-order chi connectivity index (χ1) is 13.1. The van der Waals surface area contributed by atoms with E-state index in [2.05, 4.69) is 48.7 Å². The van der Waals surface area contributed by atoms with Gasteiger partial charge in [-0.2, -0.15) is 0 Å². The molecular formula is C20H34ClIN4O2. The molecule has 0 aliphatic carbocycles. The van der Waals surface area contributed by atoms with Gasteiger partial charge in [-0.15, -0.1) is 24.0 Å². The Bertz CT molecular complexity index is 566. The van der Waals surface area contributed by atoms with Crippen LogP contribution in [0.25, 0.3) is 0 Å². The number of aliphatic imine (C=N–C) groups is 1. The van der Waals surface area contributed by atoms with Gasteiger partial charge in [0.2, 0.25) is 0 Å². The minimum Gasteiger partial charge on any atom is -0.379 e. The molecule has 0 aromatic heterocycles. The molecule has 8 heteroatoms. The fourth-order valence-corrected chi connectivity index (χ4v) is 3.07. The molecule has 2 N–H and O–H groups in total. The molecule has 28 heavy (non-hydrogen) atoms. The lowest BCUT2D eigenvalue weighted by molar-refractivity contribution is 0.0420. The van der Waals surface area contributed by atoms with E-state index in [1.54, 1.807) is 0 Å². The van der Waals surface area contributed by atoms with Gasteiger partial charge in [-0.1, -0.05) is 23.7 Å². The van der Waals surface area contributed by atoms with Gasteiger partial charge in [0, 0.05) is 31.3 Å². The van der Waals surface area contributed by atoms with Crippen molar-refractivity contribution in [3.8, 4) is 0 Å². The van der Waals surface area contributed by atoms with Crippen LogP contribution < -0.4 is 10.6 Å². The molecule has 1 saturated heterocycles. The summed E-state index contributed by atoms with van der Waals surface area (Å²) in [5.74, 6) is 0.836. The molecule has 1 aromatic rings. The maximum absolute atomic E-state index is 6.01. The van der Waals surface area contributed by atoms with E-state index in [9.17, 15) is 0 Å². The highest BCUT2D eigenvalue weighted by molar-refractivity contribution is 14.0. The van der Waals surface area contributed by atoms with Crippen molar-refractivity contribution in [3.05, 3.63) is 34.9 Å². The first-order valence-electron chi connectivity index (χ1n) is 9.73. The first kappa shape index (κ1) is 25.4. The Morgan fingerprint density at radius 3 is 2.68 bits per heavy atom. The smallest absolute Gasteiger partial charge is 0.191 e. The lowest BCUT2D eigenvalue weighted by Crippen LogP contribution is -2.39. The number of guanidine groups is 1. The summed E-state index contributed by atoms with van der Waals surface area (Å²) >= 11 is 6.01. The normalized spacial score (nSPS) is 18.0. The van der Waals surface area contributed by atoms with E-state index in [-0.39, 0.29) is 36.1 Å². The molecule has 0 bridgehead atoms. The lowest BCUT2D eigenvalue weighted by atomic mass is 10.1. The average Bonchev–Trinajstić information content (AvgIpc) is 3.16. The molecule has 0 saturated carbocycles. The van der Waals surface area contributed by atoms with E-state index in [0.29, 0.717) is 6.54 Å². The van der Waals surface area contributed by atoms with E-state index < -0.39 is 0 Å². The molecule has 1 aliphatic heterocycles. The summed E-state index contributed by atoms with van der Waals surface area (Å²) in [7, 11) is 4.14. The predicted octanol–water partition coefficient (Wildman–Crippen LogP) is 3.31. The standard InChI is InChI=1S/C20H33ClN4O2.HI/c1-4-22-20(23-11-5-12-27-18-10-13-26-15-18)24-14-19(25(2)3)16-6-8-17(21)9-7-16;/h6-9,18-19H,4-5,10-15H2,1-3H3,(H2,22,23,24);1H. The van der Waals surface area contributed by atoms with Gasteiger partial charge in [0.25, 0.3) is 0 Å². The minimum absolute atomic E-state index is 0. The van der Waals surface area contributed by atoms with E-state index in [1.165, 1.54) is 5.56 Å². The molecule has 1 heterocycles. The van der Waals surface area contributed by atoms with Gasteiger partial charge >= 0.3 is 0 Å². The van der Waals surface area contributed by atoms with Crippen molar-refractivity contribution >= 4 is 41.5 Å². The van der Waals surface area contributed by atoms with Gasteiger partial charge in [-0.25, -0.2) is 0 Å². The van der Waals surface area contributed by atoms with E-state index in [4.69, 9.17) is 26.1 Å². The van der Waals surface area contributed by atoms with Gasteiger partial charge in [-0.3, -0.25) is 4.99 Å². The summed E-state index contributed by atoms with van der Waals surface area (Å²) in [6, 6.07) is 8.18. The highest BCUT2D eigenvalue weighted by Gasteiger charge is 2.16. The number of likely N-dealkylation sites (N-methyl/N-ethyl adjacent to an activating group) is 1. The van der Waals surface area contributed by atoms with Crippen molar-refractivity contribution in [1.82, 2.24) is 15.5 Å². The Morgan fingerprint density at radius 2 is 2.07 bits per heavy atom. The monoisotopic (exact) mass is 524 g/mol. The molecule has 0 spiro atoms. The Labute approximate surface area is 191 Å². The third-order valence-electron chi connectivity index (χ3n) is 4.50. The zero-order valence-electron chi connectivity index (χ0n) is 17.1. The molecule has 6 nitrogen and oxygen atoms in total.